The van der Waals surface area contributed by atoms with E-state index in [4.69, 9.17) is 17.0 Å². The molecule has 1 rings (SSSR count). The van der Waals surface area contributed by atoms with E-state index in [1.807, 2.05) is 22.2 Å². The molecule has 6 heteroatoms. The van der Waals surface area contributed by atoms with Crippen LogP contribution in [-0.2, 0) is 18.0 Å². The SMILES string of the molecule is C=CCn1c(C)nn(CN(C)CCCOC)c1=S. The van der Waals surface area contributed by atoms with E-state index in [2.05, 4.69) is 23.6 Å². The molecule has 0 aliphatic heterocycles. The predicted molar refractivity (Wildman–Crippen MR) is 75.1 cm³/mol. The van der Waals surface area contributed by atoms with Crippen LogP contribution in [0.2, 0.25) is 0 Å². The summed E-state index contributed by atoms with van der Waals surface area (Å²) >= 11 is 5.40. The van der Waals surface area contributed by atoms with Gasteiger partial charge in [0.25, 0.3) is 0 Å². The molecule has 18 heavy (non-hydrogen) atoms. The molecule has 0 atom stereocenters. The van der Waals surface area contributed by atoms with Gasteiger partial charge in [-0.05, 0) is 32.6 Å². The Balaban J connectivity index is 2.64. The molecule has 102 valence electrons. The third-order valence-electron chi connectivity index (χ3n) is 2.68. The lowest BCUT2D eigenvalue weighted by atomic mass is 10.4. The summed E-state index contributed by atoms with van der Waals surface area (Å²) in [4.78, 5) is 2.18. The quantitative estimate of drug-likeness (QED) is 0.410. The molecule has 5 nitrogen and oxygen atoms in total. The maximum Gasteiger partial charge on any atom is 0.199 e. The summed E-state index contributed by atoms with van der Waals surface area (Å²) < 4.78 is 9.60. The van der Waals surface area contributed by atoms with Crippen molar-refractivity contribution in [1.29, 1.82) is 0 Å². The first kappa shape index (κ1) is 15.1. The van der Waals surface area contributed by atoms with Gasteiger partial charge in [-0.2, -0.15) is 5.10 Å². The molecule has 0 saturated heterocycles. The largest absolute Gasteiger partial charge is 0.385 e. The number of methoxy groups -OCH3 is 1. The molecule has 0 unspecified atom stereocenters. The molecule has 0 aliphatic rings. The number of aromatic nitrogens is 3. The minimum absolute atomic E-state index is 0.702. The Morgan fingerprint density at radius 2 is 2.28 bits per heavy atom. The molecule has 0 spiro atoms. The number of nitrogens with zero attached hydrogens (tertiary/aromatic N) is 4. The number of ether oxygens (including phenoxy) is 1. The second kappa shape index (κ2) is 7.45. The van der Waals surface area contributed by atoms with E-state index in [9.17, 15) is 0 Å². The maximum absolute atomic E-state index is 5.40. The molecule has 0 fully saturated rings. The highest BCUT2D eigenvalue weighted by Gasteiger charge is 2.07. The Bertz CT molecular complexity index is 438. The fourth-order valence-corrected chi connectivity index (χ4v) is 2.06. The second-order valence-corrected chi connectivity index (χ2v) is 4.66. The third kappa shape index (κ3) is 4.04. The van der Waals surface area contributed by atoms with E-state index in [0.717, 1.165) is 30.2 Å². The van der Waals surface area contributed by atoms with Gasteiger partial charge >= 0.3 is 0 Å². The fraction of sp³-hybridized carbons (Fsp3) is 0.667. The van der Waals surface area contributed by atoms with Crippen LogP contribution in [-0.4, -0.2) is 46.6 Å². The molecule has 0 radical (unpaired) electrons. The molecule has 1 aromatic heterocycles. The summed E-state index contributed by atoms with van der Waals surface area (Å²) in [7, 11) is 3.77. The van der Waals surface area contributed by atoms with Crippen molar-refractivity contribution in [3.63, 3.8) is 0 Å². The predicted octanol–water partition coefficient (Wildman–Crippen LogP) is 1.83. The Labute approximate surface area is 114 Å². The highest BCUT2D eigenvalue weighted by Crippen LogP contribution is 2.02. The molecule has 0 aliphatic carbocycles. The summed E-state index contributed by atoms with van der Waals surface area (Å²) in [6, 6.07) is 0. The van der Waals surface area contributed by atoms with Crippen LogP contribution in [0, 0.1) is 11.7 Å². The van der Waals surface area contributed by atoms with E-state index in [1.165, 1.54) is 0 Å². The lowest BCUT2D eigenvalue weighted by Crippen LogP contribution is -2.24. The Kier molecular flexibility index (Phi) is 6.24. The van der Waals surface area contributed by atoms with Gasteiger partial charge < -0.3 is 9.30 Å². The number of rotatable bonds is 8. The van der Waals surface area contributed by atoms with E-state index >= 15 is 0 Å². The smallest absolute Gasteiger partial charge is 0.199 e. The van der Waals surface area contributed by atoms with Crippen LogP contribution < -0.4 is 0 Å². The first-order valence-corrected chi connectivity index (χ1v) is 6.43. The van der Waals surface area contributed by atoms with E-state index in [-0.39, 0.29) is 0 Å². The van der Waals surface area contributed by atoms with Gasteiger partial charge in [0.15, 0.2) is 4.77 Å². The van der Waals surface area contributed by atoms with Gasteiger partial charge in [0, 0.05) is 26.8 Å². The fourth-order valence-electron chi connectivity index (χ4n) is 1.76. The summed E-state index contributed by atoms with van der Waals surface area (Å²) in [5.41, 5.74) is 0. The minimum atomic E-state index is 0.702. The zero-order valence-corrected chi connectivity index (χ0v) is 12.2. The van der Waals surface area contributed by atoms with Crippen molar-refractivity contribution in [2.45, 2.75) is 26.6 Å². The first-order chi connectivity index (χ1) is 8.60. The van der Waals surface area contributed by atoms with Gasteiger partial charge in [0.05, 0.1) is 6.67 Å². The standard InChI is InChI=1S/C12H22N4OS/c1-5-7-15-11(2)13-16(12(15)18)10-14(3)8-6-9-17-4/h5H,1,6-10H2,2-4H3. The lowest BCUT2D eigenvalue weighted by molar-refractivity contribution is 0.168. The van der Waals surface area contributed by atoms with Crippen LogP contribution in [0.4, 0.5) is 0 Å². The van der Waals surface area contributed by atoms with Crippen LogP contribution in [0.25, 0.3) is 0 Å². The van der Waals surface area contributed by atoms with Crippen molar-refractivity contribution in [3.05, 3.63) is 23.3 Å². The topological polar surface area (TPSA) is 35.2 Å². The summed E-state index contributed by atoms with van der Waals surface area (Å²) in [6.07, 6.45) is 2.84. The summed E-state index contributed by atoms with van der Waals surface area (Å²) in [5.74, 6) is 0.921. The third-order valence-corrected chi connectivity index (χ3v) is 3.11. The molecule has 1 aromatic rings. The van der Waals surface area contributed by atoms with Crippen molar-refractivity contribution in [2.24, 2.45) is 0 Å². The van der Waals surface area contributed by atoms with Crippen molar-refractivity contribution < 1.29 is 4.74 Å². The van der Waals surface area contributed by atoms with Gasteiger partial charge in [0.1, 0.15) is 5.82 Å². The second-order valence-electron chi connectivity index (χ2n) is 4.30. The van der Waals surface area contributed by atoms with Crippen molar-refractivity contribution in [3.8, 4) is 0 Å². The minimum Gasteiger partial charge on any atom is -0.385 e. The zero-order valence-electron chi connectivity index (χ0n) is 11.4. The van der Waals surface area contributed by atoms with Crippen LogP contribution >= 0.6 is 12.2 Å². The number of hydrogen-bond donors (Lipinski definition) is 0. The van der Waals surface area contributed by atoms with E-state index < -0.39 is 0 Å². The molecule has 0 N–H and O–H groups in total. The molecule has 0 saturated carbocycles. The van der Waals surface area contributed by atoms with E-state index in [1.54, 1.807) is 7.11 Å². The normalized spacial score (nSPS) is 11.1. The van der Waals surface area contributed by atoms with Crippen molar-refractivity contribution in [1.82, 2.24) is 19.2 Å². The van der Waals surface area contributed by atoms with Gasteiger partial charge in [-0.1, -0.05) is 6.08 Å². The van der Waals surface area contributed by atoms with Crippen LogP contribution in [0.1, 0.15) is 12.2 Å². The maximum atomic E-state index is 5.40. The zero-order chi connectivity index (χ0) is 13.5. The molecular weight excluding hydrogens is 248 g/mol. The van der Waals surface area contributed by atoms with Crippen LogP contribution in [0.15, 0.2) is 12.7 Å². The molecule has 0 bridgehead atoms. The highest BCUT2D eigenvalue weighted by molar-refractivity contribution is 7.71. The molecule has 1 heterocycles. The molecular formula is C12H22N4OS. The van der Waals surface area contributed by atoms with Gasteiger partial charge in [-0.3, -0.25) is 4.90 Å². The average Bonchev–Trinajstić information content (AvgIpc) is 2.58. The molecule has 0 amide bonds. The van der Waals surface area contributed by atoms with Crippen molar-refractivity contribution in [2.75, 3.05) is 27.3 Å². The van der Waals surface area contributed by atoms with Crippen molar-refractivity contribution >= 4 is 12.2 Å². The Morgan fingerprint density at radius 3 is 2.89 bits per heavy atom. The monoisotopic (exact) mass is 270 g/mol. The Hall–Kier alpha value is -0.980. The first-order valence-electron chi connectivity index (χ1n) is 6.02. The highest BCUT2D eigenvalue weighted by atomic mass is 32.1. The van der Waals surface area contributed by atoms with Crippen LogP contribution in [0.3, 0.4) is 0 Å². The van der Waals surface area contributed by atoms with Crippen LogP contribution in [0.5, 0.6) is 0 Å². The van der Waals surface area contributed by atoms with Gasteiger partial charge in [0.2, 0.25) is 0 Å². The average molecular weight is 270 g/mol. The summed E-state index contributed by atoms with van der Waals surface area (Å²) in [6.45, 7) is 8.84. The Morgan fingerprint density at radius 1 is 1.56 bits per heavy atom. The number of allylic oxidation sites excluding steroid dienone is 1. The van der Waals surface area contributed by atoms with Gasteiger partial charge in [-0.15, -0.1) is 6.58 Å². The van der Waals surface area contributed by atoms with E-state index in [0.29, 0.717) is 13.2 Å². The summed E-state index contributed by atoms with van der Waals surface area (Å²) in [5, 5.41) is 4.45. The van der Waals surface area contributed by atoms with Gasteiger partial charge in [-0.25, -0.2) is 4.68 Å². The number of hydrogen-bond acceptors (Lipinski definition) is 4. The molecule has 0 aromatic carbocycles. The lowest BCUT2D eigenvalue weighted by Gasteiger charge is -2.15. The number of aryl methyl sites for hydroxylation is 1.